The molecule has 28 heavy (non-hydrogen) atoms. The predicted molar refractivity (Wildman–Crippen MR) is 106 cm³/mol. The van der Waals surface area contributed by atoms with Crippen molar-refractivity contribution in [2.24, 2.45) is 5.92 Å². The number of fused-ring (bicyclic) bond motifs is 1. The molecule has 2 N–H and O–H groups in total. The van der Waals surface area contributed by atoms with E-state index in [0.29, 0.717) is 19.1 Å². The summed E-state index contributed by atoms with van der Waals surface area (Å²) in [5.41, 5.74) is 2.21. The maximum absolute atomic E-state index is 13.8. The molecule has 2 fully saturated rings. The Bertz CT molecular complexity index is 792. The Morgan fingerprint density at radius 2 is 2.04 bits per heavy atom. The number of carbonyl (C=O) groups is 1. The number of aliphatic hydroxyl groups is 1. The van der Waals surface area contributed by atoms with Crippen LogP contribution < -0.4 is 0 Å². The van der Waals surface area contributed by atoms with E-state index < -0.39 is 5.41 Å². The van der Waals surface area contributed by atoms with Crippen LogP contribution in [0.25, 0.3) is 11.0 Å². The number of H-pyrrole nitrogens is 1. The van der Waals surface area contributed by atoms with Crippen molar-refractivity contribution in [1.82, 2.24) is 19.9 Å². The van der Waals surface area contributed by atoms with E-state index in [-0.39, 0.29) is 12.5 Å². The second-order valence-corrected chi connectivity index (χ2v) is 8.16. The number of imidazole rings is 1. The molecule has 1 amide bonds. The lowest BCUT2D eigenvalue weighted by Crippen LogP contribution is -2.50. The summed E-state index contributed by atoms with van der Waals surface area (Å²) in [5.74, 6) is 0.689. The molecule has 2 aliphatic rings. The minimum Gasteiger partial charge on any atom is -0.394 e. The zero-order valence-electron chi connectivity index (χ0n) is 16.4. The van der Waals surface area contributed by atoms with Crippen molar-refractivity contribution in [2.75, 3.05) is 32.9 Å². The minimum absolute atomic E-state index is 0.0532. The minimum atomic E-state index is -0.538. The van der Waals surface area contributed by atoms with E-state index >= 15 is 0 Å². The van der Waals surface area contributed by atoms with Crippen LogP contribution in [0.3, 0.4) is 0 Å². The molecule has 0 spiro atoms. The number of piperidine rings is 1. The van der Waals surface area contributed by atoms with Gasteiger partial charge in [-0.25, -0.2) is 4.98 Å². The molecule has 0 aromatic carbocycles. The fourth-order valence-electron chi connectivity index (χ4n) is 4.88. The van der Waals surface area contributed by atoms with Crippen molar-refractivity contribution in [3.8, 4) is 0 Å². The highest BCUT2D eigenvalue weighted by Gasteiger charge is 2.46. The number of aromatic nitrogens is 3. The van der Waals surface area contributed by atoms with Crippen LogP contribution in [-0.2, 0) is 14.9 Å². The highest BCUT2D eigenvalue weighted by atomic mass is 16.5. The number of hydrogen-bond acceptors (Lipinski definition) is 5. The van der Waals surface area contributed by atoms with Crippen molar-refractivity contribution in [2.45, 2.75) is 50.4 Å². The standard InChI is InChI=1S/C21H30N4O3/c26-10-11-28-14-16-4-6-21(7-5-16,20(27)25-8-2-1-3-9-25)17-12-22-13-18-19(17)24-15-23-18/h12-13,15-16,26H,1-11,14H2,(H,23,24). The normalized spacial score (nSPS) is 25.9. The average Bonchev–Trinajstić information content (AvgIpc) is 3.24. The molecule has 2 aromatic rings. The fourth-order valence-corrected chi connectivity index (χ4v) is 4.88. The van der Waals surface area contributed by atoms with Crippen LogP contribution in [0.15, 0.2) is 18.7 Å². The highest BCUT2D eigenvalue weighted by Crippen LogP contribution is 2.45. The molecule has 1 saturated heterocycles. The summed E-state index contributed by atoms with van der Waals surface area (Å²) >= 11 is 0. The Hall–Kier alpha value is -1.99. The van der Waals surface area contributed by atoms with Gasteiger partial charge in [0.25, 0.3) is 0 Å². The molecular formula is C21H30N4O3. The van der Waals surface area contributed by atoms with Gasteiger partial charge in [0.05, 0.1) is 36.7 Å². The van der Waals surface area contributed by atoms with Crippen molar-refractivity contribution in [3.05, 3.63) is 24.3 Å². The predicted octanol–water partition coefficient (Wildman–Crippen LogP) is 2.41. The van der Waals surface area contributed by atoms with Gasteiger partial charge < -0.3 is 19.7 Å². The maximum atomic E-state index is 13.8. The van der Waals surface area contributed by atoms with Crippen molar-refractivity contribution >= 4 is 16.9 Å². The van der Waals surface area contributed by atoms with Crippen LogP contribution in [0.4, 0.5) is 0 Å². The number of aliphatic hydroxyl groups excluding tert-OH is 1. The Morgan fingerprint density at radius 3 is 2.79 bits per heavy atom. The summed E-state index contributed by atoms with van der Waals surface area (Å²) < 4.78 is 5.56. The number of nitrogens with zero attached hydrogens (tertiary/aromatic N) is 3. The Labute approximate surface area is 165 Å². The number of amides is 1. The van der Waals surface area contributed by atoms with Crippen LogP contribution >= 0.6 is 0 Å². The summed E-state index contributed by atoms with van der Waals surface area (Å²) in [6.45, 7) is 2.80. The summed E-state index contributed by atoms with van der Waals surface area (Å²) in [4.78, 5) is 27.9. The average molecular weight is 386 g/mol. The molecule has 0 atom stereocenters. The van der Waals surface area contributed by atoms with E-state index in [0.717, 1.165) is 68.2 Å². The van der Waals surface area contributed by atoms with Gasteiger partial charge in [0.1, 0.15) is 5.52 Å². The van der Waals surface area contributed by atoms with E-state index in [4.69, 9.17) is 9.84 Å². The van der Waals surface area contributed by atoms with E-state index in [2.05, 4.69) is 19.9 Å². The van der Waals surface area contributed by atoms with Crippen LogP contribution in [0, 0.1) is 5.92 Å². The van der Waals surface area contributed by atoms with Gasteiger partial charge in [0, 0.05) is 31.5 Å². The van der Waals surface area contributed by atoms with Crippen molar-refractivity contribution in [3.63, 3.8) is 0 Å². The van der Waals surface area contributed by atoms with Crippen molar-refractivity contribution < 1.29 is 14.6 Å². The first-order valence-electron chi connectivity index (χ1n) is 10.5. The summed E-state index contributed by atoms with van der Waals surface area (Å²) in [6, 6.07) is 0. The number of nitrogens with one attached hydrogen (secondary N) is 1. The summed E-state index contributed by atoms with van der Waals surface area (Å²) in [5, 5.41) is 8.93. The van der Waals surface area contributed by atoms with Gasteiger partial charge in [-0.3, -0.25) is 9.78 Å². The molecule has 0 radical (unpaired) electrons. The SMILES string of the molecule is O=C(N1CCCCC1)C1(c2cncc3nc[nH]c23)CCC(COCCO)CC1. The topological polar surface area (TPSA) is 91.3 Å². The molecule has 7 nitrogen and oxygen atoms in total. The van der Waals surface area contributed by atoms with E-state index in [1.807, 2.05) is 6.20 Å². The zero-order chi connectivity index (χ0) is 19.4. The fraction of sp³-hybridized carbons (Fsp3) is 0.667. The molecular weight excluding hydrogens is 356 g/mol. The van der Waals surface area contributed by atoms with Gasteiger partial charge in [0.15, 0.2) is 0 Å². The van der Waals surface area contributed by atoms with Gasteiger partial charge in [-0.15, -0.1) is 0 Å². The second-order valence-electron chi connectivity index (χ2n) is 8.16. The van der Waals surface area contributed by atoms with E-state index in [1.54, 1.807) is 12.5 Å². The second kappa shape index (κ2) is 8.57. The van der Waals surface area contributed by atoms with Gasteiger partial charge in [0.2, 0.25) is 5.91 Å². The third kappa shape index (κ3) is 3.65. The lowest BCUT2D eigenvalue weighted by molar-refractivity contribution is -0.140. The molecule has 7 heteroatoms. The number of aromatic amines is 1. The van der Waals surface area contributed by atoms with Crippen LogP contribution in [0.2, 0.25) is 0 Å². The molecule has 152 valence electrons. The molecule has 0 unspecified atom stereocenters. The Kier molecular flexibility index (Phi) is 5.92. The molecule has 1 aliphatic carbocycles. The quantitative estimate of drug-likeness (QED) is 0.744. The molecule has 0 bridgehead atoms. The number of likely N-dealkylation sites (tertiary alicyclic amines) is 1. The third-order valence-electron chi connectivity index (χ3n) is 6.45. The van der Waals surface area contributed by atoms with Crippen molar-refractivity contribution in [1.29, 1.82) is 0 Å². The molecule has 2 aromatic heterocycles. The molecule has 1 saturated carbocycles. The zero-order valence-corrected chi connectivity index (χ0v) is 16.4. The Morgan fingerprint density at radius 1 is 1.25 bits per heavy atom. The van der Waals surface area contributed by atoms with E-state index in [9.17, 15) is 4.79 Å². The molecule has 3 heterocycles. The van der Waals surface area contributed by atoms with E-state index in [1.165, 1.54) is 6.42 Å². The molecule has 4 rings (SSSR count). The van der Waals surface area contributed by atoms with Gasteiger partial charge >= 0.3 is 0 Å². The first-order valence-corrected chi connectivity index (χ1v) is 10.5. The number of rotatable bonds is 6. The summed E-state index contributed by atoms with van der Waals surface area (Å²) in [6.07, 6.45) is 12.2. The number of hydrogen-bond donors (Lipinski definition) is 2. The Balaban J connectivity index is 1.63. The van der Waals surface area contributed by atoms with Gasteiger partial charge in [-0.1, -0.05) is 0 Å². The first kappa shape index (κ1) is 19.3. The smallest absolute Gasteiger partial charge is 0.233 e. The van der Waals surface area contributed by atoms with Gasteiger partial charge in [-0.2, -0.15) is 0 Å². The maximum Gasteiger partial charge on any atom is 0.233 e. The van der Waals surface area contributed by atoms with Gasteiger partial charge in [-0.05, 0) is 50.9 Å². The van der Waals surface area contributed by atoms with Crippen LogP contribution in [0.1, 0.15) is 50.5 Å². The monoisotopic (exact) mass is 386 g/mol. The first-order chi connectivity index (χ1) is 13.7. The highest BCUT2D eigenvalue weighted by molar-refractivity contribution is 5.93. The lowest BCUT2D eigenvalue weighted by atomic mass is 9.65. The van der Waals surface area contributed by atoms with Crippen LogP contribution in [-0.4, -0.2) is 63.8 Å². The third-order valence-corrected chi connectivity index (χ3v) is 6.45. The lowest BCUT2D eigenvalue weighted by Gasteiger charge is -2.43. The number of ether oxygens (including phenoxy) is 1. The van der Waals surface area contributed by atoms with Crippen LogP contribution in [0.5, 0.6) is 0 Å². The molecule has 1 aliphatic heterocycles. The number of carbonyl (C=O) groups excluding carboxylic acids is 1. The number of pyridine rings is 1. The summed E-state index contributed by atoms with van der Waals surface area (Å²) in [7, 11) is 0. The largest absolute Gasteiger partial charge is 0.394 e.